The molecule has 0 saturated heterocycles. The van der Waals surface area contributed by atoms with Gasteiger partial charge in [0.05, 0.1) is 12.1 Å². The Bertz CT molecular complexity index is 389. The van der Waals surface area contributed by atoms with E-state index in [2.05, 4.69) is 29.5 Å². The topological polar surface area (TPSA) is 34.1 Å². The summed E-state index contributed by atoms with van der Waals surface area (Å²) in [4.78, 5) is 4.40. The molecule has 2 fully saturated rings. The van der Waals surface area contributed by atoms with Crippen molar-refractivity contribution in [1.82, 2.24) is 10.3 Å². The normalized spacial score (nSPS) is 30.8. The number of aromatic nitrogens is 1. The van der Waals surface area contributed by atoms with Gasteiger partial charge < -0.3 is 10.1 Å². The Kier molecular flexibility index (Phi) is 3.43. The van der Waals surface area contributed by atoms with Crippen LogP contribution in [0.2, 0.25) is 0 Å². The van der Waals surface area contributed by atoms with E-state index in [0.717, 1.165) is 6.61 Å². The van der Waals surface area contributed by atoms with Crippen molar-refractivity contribution < 1.29 is 4.74 Å². The molecule has 2 saturated carbocycles. The van der Waals surface area contributed by atoms with E-state index < -0.39 is 0 Å². The van der Waals surface area contributed by atoms with Gasteiger partial charge in [-0.05, 0) is 33.1 Å². The summed E-state index contributed by atoms with van der Waals surface area (Å²) in [5, 5.41) is 7.02. The number of rotatable bonds is 5. The Morgan fingerprint density at radius 3 is 3.00 bits per heavy atom. The van der Waals surface area contributed by atoms with Gasteiger partial charge in [-0.3, -0.25) is 0 Å². The molecule has 4 heteroatoms. The highest BCUT2D eigenvalue weighted by Gasteiger charge is 2.58. The van der Waals surface area contributed by atoms with Gasteiger partial charge in [0.25, 0.3) is 0 Å². The van der Waals surface area contributed by atoms with Gasteiger partial charge in [0.1, 0.15) is 5.01 Å². The maximum Gasteiger partial charge on any atom is 0.109 e. The lowest BCUT2D eigenvalue weighted by molar-refractivity contribution is -0.174. The Labute approximate surface area is 113 Å². The van der Waals surface area contributed by atoms with Crippen LogP contribution < -0.4 is 5.32 Å². The maximum atomic E-state index is 5.89. The summed E-state index contributed by atoms with van der Waals surface area (Å²) < 4.78 is 5.89. The minimum absolute atomic E-state index is 0.370. The van der Waals surface area contributed by atoms with E-state index >= 15 is 0 Å². The number of nitrogens with one attached hydrogen (secondary N) is 1. The van der Waals surface area contributed by atoms with Crippen LogP contribution in [0.25, 0.3) is 0 Å². The third kappa shape index (κ3) is 1.91. The third-order valence-electron chi connectivity index (χ3n) is 4.71. The standard InChI is InChI=1S/C14H22N2OS/c1-3-17-12-9-11(14(12)5-4-6-14)16-10(2)13-15-7-8-18-13/h7-8,10-12,16H,3-6,9H2,1-2H3. The average molecular weight is 266 g/mol. The Balaban J connectivity index is 1.61. The van der Waals surface area contributed by atoms with Gasteiger partial charge >= 0.3 is 0 Å². The van der Waals surface area contributed by atoms with Crippen molar-refractivity contribution in [2.24, 2.45) is 5.41 Å². The van der Waals surface area contributed by atoms with E-state index in [4.69, 9.17) is 4.74 Å². The van der Waals surface area contributed by atoms with Gasteiger partial charge in [-0.15, -0.1) is 11.3 Å². The zero-order chi connectivity index (χ0) is 12.6. The molecular weight excluding hydrogens is 244 g/mol. The van der Waals surface area contributed by atoms with Crippen LogP contribution >= 0.6 is 11.3 Å². The second kappa shape index (κ2) is 4.91. The molecule has 1 aromatic heterocycles. The minimum atomic E-state index is 0.370. The van der Waals surface area contributed by atoms with Gasteiger partial charge in [0, 0.05) is 29.6 Å². The van der Waals surface area contributed by atoms with E-state index in [9.17, 15) is 0 Å². The molecule has 3 unspecified atom stereocenters. The second-order valence-corrected chi connectivity index (χ2v) is 6.50. The first-order chi connectivity index (χ1) is 8.76. The molecule has 0 radical (unpaired) electrons. The van der Waals surface area contributed by atoms with E-state index in [1.165, 1.54) is 30.7 Å². The number of hydrogen-bond acceptors (Lipinski definition) is 4. The van der Waals surface area contributed by atoms with Crippen molar-refractivity contribution in [3.8, 4) is 0 Å². The number of thiazole rings is 1. The first-order valence-corrected chi connectivity index (χ1v) is 7.91. The summed E-state index contributed by atoms with van der Waals surface area (Å²) >= 11 is 1.74. The Morgan fingerprint density at radius 2 is 2.44 bits per heavy atom. The maximum absolute atomic E-state index is 5.89. The lowest BCUT2D eigenvalue weighted by Gasteiger charge is -2.61. The molecule has 3 rings (SSSR count). The highest BCUT2D eigenvalue weighted by molar-refractivity contribution is 7.09. The van der Waals surface area contributed by atoms with Crippen LogP contribution in [-0.4, -0.2) is 23.7 Å². The van der Waals surface area contributed by atoms with Crippen molar-refractivity contribution in [2.45, 2.75) is 57.7 Å². The predicted molar refractivity (Wildman–Crippen MR) is 73.8 cm³/mol. The fourth-order valence-electron chi connectivity index (χ4n) is 3.49. The summed E-state index contributed by atoms with van der Waals surface area (Å²) in [5.41, 5.74) is 0.446. The summed E-state index contributed by atoms with van der Waals surface area (Å²) in [5.74, 6) is 0. The molecule has 3 nitrogen and oxygen atoms in total. The van der Waals surface area contributed by atoms with E-state index in [0.29, 0.717) is 23.6 Å². The molecule has 0 bridgehead atoms. The molecule has 0 amide bonds. The van der Waals surface area contributed by atoms with Crippen molar-refractivity contribution in [3.63, 3.8) is 0 Å². The van der Waals surface area contributed by atoms with Gasteiger partial charge in [-0.25, -0.2) is 4.98 Å². The zero-order valence-electron chi connectivity index (χ0n) is 11.2. The Hall–Kier alpha value is -0.450. The zero-order valence-corrected chi connectivity index (χ0v) is 12.0. The van der Waals surface area contributed by atoms with Gasteiger partial charge in [-0.1, -0.05) is 6.42 Å². The van der Waals surface area contributed by atoms with Crippen LogP contribution in [0.3, 0.4) is 0 Å². The largest absolute Gasteiger partial charge is 0.378 e. The van der Waals surface area contributed by atoms with Crippen LogP contribution in [0.5, 0.6) is 0 Å². The molecule has 1 aromatic rings. The van der Waals surface area contributed by atoms with Gasteiger partial charge in [-0.2, -0.15) is 0 Å². The first kappa shape index (κ1) is 12.6. The van der Waals surface area contributed by atoms with Gasteiger partial charge in [0.2, 0.25) is 0 Å². The fourth-order valence-corrected chi connectivity index (χ4v) is 4.15. The summed E-state index contributed by atoms with van der Waals surface area (Å²) in [6, 6.07) is 0.997. The molecule has 2 aliphatic rings. The average Bonchev–Trinajstić information content (AvgIpc) is 2.78. The SMILES string of the molecule is CCOC1CC(NC(C)c2nccs2)C12CCC2. The number of ether oxygens (including phenoxy) is 1. The predicted octanol–water partition coefficient (Wildman–Crippen LogP) is 3.14. The quantitative estimate of drug-likeness (QED) is 0.889. The van der Waals surface area contributed by atoms with Crippen molar-refractivity contribution in [1.29, 1.82) is 0 Å². The lowest BCUT2D eigenvalue weighted by atomic mass is 9.51. The molecule has 1 N–H and O–H groups in total. The van der Waals surface area contributed by atoms with Crippen LogP contribution in [0.15, 0.2) is 11.6 Å². The number of hydrogen-bond donors (Lipinski definition) is 1. The smallest absolute Gasteiger partial charge is 0.109 e. The van der Waals surface area contributed by atoms with Crippen LogP contribution in [-0.2, 0) is 4.74 Å². The Morgan fingerprint density at radius 1 is 1.61 bits per heavy atom. The molecule has 18 heavy (non-hydrogen) atoms. The minimum Gasteiger partial charge on any atom is -0.378 e. The molecular formula is C14H22N2OS. The molecule has 0 aromatic carbocycles. The number of nitrogens with zero attached hydrogens (tertiary/aromatic N) is 1. The highest BCUT2D eigenvalue weighted by Crippen LogP contribution is 2.57. The van der Waals surface area contributed by atoms with Crippen molar-refractivity contribution in [3.05, 3.63) is 16.6 Å². The monoisotopic (exact) mass is 266 g/mol. The molecule has 100 valence electrons. The van der Waals surface area contributed by atoms with Crippen molar-refractivity contribution >= 4 is 11.3 Å². The molecule has 2 aliphatic carbocycles. The fraction of sp³-hybridized carbons (Fsp3) is 0.786. The van der Waals surface area contributed by atoms with Crippen LogP contribution in [0, 0.1) is 5.41 Å². The first-order valence-electron chi connectivity index (χ1n) is 7.03. The summed E-state index contributed by atoms with van der Waals surface area (Å²) in [6.07, 6.45) is 7.59. The van der Waals surface area contributed by atoms with E-state index in [1.807, 2.05) is 6.20 Å². The summed E-state index contributed by atoms with van der Waals surface area (Å²) in [6.45, 7) is 5.17. The lowest BCUT2D eigenvalue weighted by Crippen LogP contribution is -2.67. The molecule has 3 atom stereocenters. The van der Waals surface area contributed by atoms with Crippen LogP contribution in [0.4, 0.5) is 0 Å². The van der Waals surface area contributed by atoms with E-state index in [-0.39, 0.29) is 0 Å². The third-order valence-corrected chi connectivity index (χ3v) is 5.67. The summed E-state index contributed by atoms with van der Waals surface area (Å²) in [7, 11) is 0. The van der Waals surface area contributed by atoms with Crippen molar-refractivity contribution in [2.75, 3.05) is 6.61 Å². The molecule has 1 spiro atoms. The molecule has 1 heterocycles. The highest BCUT2D eigenvalue weighted by atomic mass is 32.1. The van der Waals surface area contributed by atoms with E-state index in [1.54, 1.807) is 11.3 Å². The second-order valence-electron chi connectivity index (χ2n) is 5.58. The molecule has 0 aliphatic heterocycles. The van der Waals surface area contributed by atoms with Crippen LogP contribution in [0.1, 0.15) is 50.6 Å². The van der Waals surface area contributed by atoms with Gasteiger partial charge in [0.15, 0.2) is 0 Å².